The van der Waals surface area contributed by atoms with Crippen molar-refractivity contribution in [3.05, 3.63) is 65.6 Å². The predicted octanol–water partition coefficient (Wildman–Crippen LogP) is 3.26. The van der Waals surface area contributed by atoms with Crippen LogP contribution in [0.1, 0.15) is 5.69 Å². The Hall–Kier alpha value is -3.03. The number of nitrogens with zero attached hydrogens (tertiary/aromatic N) is 5. The van der Waals surface area contributed by atoms with Crippen molar-refractivity contribution in [1.82, 2.24) is 19.9 Å². The zero-order chi connectivity index (χ0) is 20.9. The molecule has 1 aromatic carbocycles. The quantitative estimate of drug-likeness (QED) is 0.680. The zero-order valence-corrected chi connectivity index (χ0v) is 17.5. The Balaban J connectivity index is 1.35. The fraction of sp³-hybridized carbons (Fsp3) is 0.273. The Morgan fingerprint density at radius 3 is 2.57 bits per heavy atom. The standard InChI is InChI=1S/C22H23ClN6O/c1-16-13-20(27-22(25-16)17-3-2-8-24-14-17)29-11-9-28(10-12-29)15-21(30)26-19-6-4-18(23)5-7-19/h2-8,13-14H,9-12,15H2,1H3,(H,26,30). The molecule has 1 saturated heterocycles. The number of carbonyl (C=O) groups excluding carboxylic acids is 1. The van der Waals surface area contributed by atoms with Crippen molar-refractivity contribution >= 4 is 29.0 Å². The second-order valence-electron chi connectivity index (χ2n) is 7.25. The normalized spacial score (nSPS) is 14.5. The van der Waals surface area contributed by atoms with Gasteiger partial charge in [0.15, 0.2) is 5.82 Å². The van der Waals surface area contributed by atoms with Gasteiger partial charge in [0, 0.05) is 66.6 Å². The van der Waals surface area contributed by atoms with Crippen LogP contribution in [0.15, 0.2) is 54.9 Å². The molecule has 0 radical (unpaired) electrons. The van der Waals surface area contributed by atoms with Gasteiger partial charge < -0.3 is 10.2 Å². The minimum Gasteiger partial charge on any atom is -0.354 e. The molecule has 0 atom stereocenters. The highest BCUT2D eigenvalue weighted by molar-refractivity contribution is 6.30. The van der Waals surface area contributed by atoms with Crippen molar-refractivity contribution in [3.63, 3.8) is 0 Å². The van der Waals surface area contributed by atoms with Crippen molar-refractivity contribution in [2.24, 2.45) is 0 Å². The molecule has 1 amide bonds. The molecule has 1 aliphatic rings. The predicted molar refractivity (Wildman–Crippen MR) is 119 cm³/mol. The summed E-state index contributed by atoms with van der Waals surface area (Å²) < 4.78 is 0. The molecule has 8 heteroatoms. The van der Waals surface area contributed by atoms with Crippen LogP contribution in [-0.4, -0.2) is 58.5 Å². The first-order valence-corrected chi connectivity index (χ1v) is 10.2. The highest BCUT2D eigenvalue weighted by Gasteiger charge is 2.21. The van der Waals surface area contributed by atoms with E-state index in [0.29, 0.717) is 17.4 Å². The lowest BCUT2D eigenvalue weighted by atomic mass is 10.2. The highest BCUT2D eigenvalue weighted by Crippen LogP contribution is 2.20. The molecular weight excluding hydrogens is 400 g/mol. The van der Waals surface area contributed by atoms with E-state index in [0.717, 1.165) is 48.9 Å². The summed E-state index contributed by atoms with van der Waals surface area (Å²) in [6.07, 6.45) is 3.51. The van der Waals surface area contributed by atoms with Crippen LogP contribution in [0.25, 0.3) is 11.4 Å². The fourth-order valence-corrected chi connectivity index (χ4v) is 3.54. The van der Waals surface area contributed by atoms with Crippen LogP contribution in [0, 0.1) is 6.92 Å². The summed E-state index contributed by atoms with van der Waals surface area (Å²) in [5.41, 5.74) is 2.58. The van der Waals surface area contributed by atoms with E-state index in [2.05, 4.69) is 25.1 Å². The van der Waals surface area contributed by atoms with Gasteiger partial charge in [-0.25, -0.2) is 9.97 Å². The van der Waals surface area contributed by atoms with Gasteiger partial charge in [0.05, 0.1) is 6.54 Å². The molecule has 1 fully saturated rings. The lowest BCUT2D eigenvalue weighted by Crippen LogP contribution is -2.49. The molecule has 3 heterocycles. The van der Waals surface area contributed by atoms with Gasteiger partial charge in [0.2, 0.25) is 5.91 Å². The van der Waals surface area contributed by atoms with Gasteiger partial charge in [-0.1, -0.05) is 11.6 Å². The smallest absolute Gasteiger partial charge is 0.238 e. The Kier molecular flexibility index (Phi) is 6.21. The molecule has 1 aliphatic heterocycles. The van der Waals surface area contributed by atoms with Crippen LogP contribution in [0.2, 0.25) is 5.02 Å². The van der Waals surface area contributed by atoms with Crippen LogP contribution in [-0.2, 0) is 4.79 Å². The van der Waals surface area contributed by atoms with Crippen LogP contribution in [0.4, 0.5) is 11.5 Å². The van der Waals surface area contributed by atoms with Crippen molar-refractivity contribution in [2.75, 3.05) is 42.9 Å². The summed E-state index contributed by atoms with van der Waals surface area (Å²) in [6, 6.07) is 13.0. The average molecular weight is 423 g/mol. The molecule has 3 aromatic rings. The van der Waals surface area contributed by atoms with Gasteiger partial charge in [0.25, 0.3) is 0 Å². The van der Waals surface area contributed by atoms with Crippen LogP contribution >= 0.6 is 11.6 Å². The summed E-state index contributed by atoms with van der Waals surface area (Å²) >= 11 is 5.88. The molecule has 1 N–H and O–H groups in total. The zero-order valence-electron chi connectivity index (χ0n) is 16.8. The van der Waals surface area contributed by atoms with Crippen molar-refractivity contribution in [2.45, 2.75) is 6.92 Å². The maximum atomic E-state index is 12.3. The first kappa shape index (κ1) is 20.3. The van der Waals surface area contributed by atoms with Gasteiger partial charge in [-0.2, -0.15) is 0 Å². The molecule has 30 heavy (non-hydrogen) atoms. The second kappa shape index (κ2) is 9.19. The van der Waals surface area contributed by atoms with Crippen molar-refractivity contribution in [3.8, 4) is 11.4 Å². The number of carbonyl (C=O) groups is 1. The molecular formula is C22H23ClN6O. The van der Waals surface area contributed by atoms with Gasteiger partial charge in [0.1, 0.15) is 5.82 Å². The number of aromatic nitrogens is 3. The summed E-state index contributed by atoms with van der Waals surface area (Å²) in [5.74, 6) is 1.57. The number of anilines is 2. The van der Waals surface area contributed by atoms with Crippen LogP contribution < -0.4 is 10.2 Å². The maximum absolute atomic E-state index is 12.3. The number of aryl methyl sites for hydroxylation is 1. The van der Waals surface area contributed by atoms with Crippen molar-refractivity contribution in [1.29, 1.82) is 0 Å². The van der Waals surface area contributed by atoms with E-state index in [-0.39, 0.29) is 5.91 Å². The lowest BCUT2D eigenvalue weighted by molar-refractivity contribution is -0.117. The molecule has 0 unspecified atom stereocenters. The number of hydrogen-bond donors (Lipinski definition) is 1. The van der Waals surface area contributed by atoms with Crippen LogP contribution in [0.5, 0.6) is 0 Å². The number of pyridine rings is 1. The number of piperazine rings is 1. The Bertz CT molecular complexity index is 1000. The first-order valence-electron chi connectivity index (χ1n) is 9.85. The third-order valence-corrected chi connectivity index (χ3v) is 5.20. The Morgan fingerprint density at radius 1 is 1.10 bits per heavy atom. The molecule has 0 spiro atoms. The topological polar surface area (TPSA) is 74.2 Å². The number of hydrogen-bond acceptors (Lipinski definition) is 6. The monoisotopic (exact) mass is 422 g/mol. The minimum absolute atomic E-state index is 0.0254. The van der Waals surface area contributed by atoms with Gasteiger partial charge >= 0.3 is 0 Å². The van der Waals surface area contributed by atoms with E-state index in [4.69, 9.17) is 16.6 Å². The summed E-state index contributed by atoms with van der Waals surface area (Å²) in [4.78, 5) is 30.2. The largest absolute Gasteiger partial charge is 0.354 e. The number of rotatable bonds is 5. The fourth-order valence-electron chi connectivity index (χ4n) is 3.41. The van der Waals surface area contributed by atoms with E-state index in [1.807, 2.05) is 25.1 Å². The molecule has 0 aliphatic carbocycles. The number of amides is 1. The van der Waals surface area contributed by atoms with Gasteiger partial charge in [-0.15, -0.1) is 0 Å². The number of nitrogens with one attached hydrogen (secondary N) is 1. The molecule has 0 bridgehead atoms. The van der Waals surface area contributed by atoms with E-state index >= 15 is 0 Å². The maximum Gasteiger partial charge on any atom is 0.238 e. The van der Waals surface area contributed by atoms with E-state index in [1.54, 1.807) is 36.7 Å². The third-order valence-electron chi connectivity index (χ3n) is 4.95. The van der Waals surface area contributed by atoms with Crippen molar-refractivity contribution < 1.29 is 4.79 Å². The van der Waals surface area contributed by atoms with Gasteiger partial charge in [-0.3, -0.25) is 14.7 Å². The Labute approximate surface area is 180 Å². The molecule has 154 valence electrons. The lowest BCUT2D eigenvalue weighted by Gasteiger charge is -2.35. The minimum atomic E-state index is -0.0254. The van der Waals surface area contributed by atoms with E-state index in [1.165, 1.54) is 0 Å². The highest BCUT2D eigenvalue weighted by atomic mass is 35.5. The number of halogens is 1. The molecule has 0 saturated carbocycles. The van der Waals surface area contributed by atoms with Crippen LogP contribution in [0.3, 0.4) is 0 Å². The summed E-state index contributed by atoms with van der Waals surface area (Å²) in [7, 11) is 0. The SMILES string of the molecule is Cc1cc(N2CCN(CC(=O)Nc3ccc(Cl)cc3)CC2)nc(-c2cccnc2)n1. The molecule has 7 nitrogen and oxygen atoms in total. The first-order chi connectivity index (χ1) is 14.6. The van der Waals surface area contributed by atoms with Gasteiger partial charge in [-0.05, 0) is 43.3 Å². The molecule has 4 rings (SSSR count). The summed E-state index contributed by atoms with van der Waals surface area (Å²) in [5, 5.41) is 3.56. The second-order valence-corrected chi connectivity index (χ2v) is 7.69. The van der Waals surface area contributed by atoms with E-state index in [9.17, 15) is 4.79 Å². The third kappa shape index (κ3) is 5.11. The summed E-state index contributed by atoms with van der Waals surface area (Å²) in [6.45, 7) is 5.52. The Morgan fingerprint density at radius 2 is 1.87 bits per heavy atom. The molecule has 2 aromatic heterocycles. The van der Waals surface area contributed by atoms with E-state index < -0.39 is 0 Å². The number of benzene rings is 1. The average Bonchev–Trinajstić information content (AvgIpc) is 2.76.